The summed E-state index contributed by atoms with van der Waals surface area (Å²) in [5, 5.41) is 1.98. The van der Waals surface area contributed by atoms with Crippen LogP contribution in [0, 0.1) is 5.82 Å². The van der Waals surface area contributed by atoms with E-state index in [1.54, 1.807) is 12.1 Å². The number of ether oxygens (including phenoxy) is 1. The molecule has 2 aliphatic heterocycles. The normalized spacial score (nSPS) is 18.0. The Kier molecular flexibility index (Phi) is 5.96. The minimum Gasteiger partial charge on any atom is -0.473 e. The second-order valence-corrected chi connectivity index (χ2v) is 10.5. The molecule has 1 fully saturated rings. The molecule has 2 heterocycles. The van der Waals surface area contributed by atoms with E-state index in [9.17, 15) is 9.18 Å². The Balaban J connectivity index is 1.23. The summed E-state index contributed by atoms with van der Waals surface area (Å²) >= 11 is 0. The maximum Gasteiger partial charge on any atom is 0.193 e. The fourth-order valence-electron chi connectivity index (χ4n) is 5.97. The zero-order valence-corrected chi connectivity index (χ0v) is 22.0. The second kappa shape index (κ2) is 9.80. The second-order valence-electron chi connectivity index (χ2n) is 10.5. The van der Waals surface area contributed by atoms with Gasteiger partial charge in [0.2, 0.25) is 0 Å². The first kappa shape index (κ1) is 24.3. The summed E-state index contributed by atoms with van der Waals surface area (Å²) in [5.74, 6) is 0.463. The molecule has 0 amide bonds. The number of fused-ring (bicyclic) bond motifs is 3. The van der Waals surface area contributed by atoms with Crippen LogP contribution in [0.1, 0.15) is 45.5 Å². The molecule has 1 unspecified atom stereocenters. The molecule has 196 valence electrons. The molecule has 3 nitrogen and oxygen atoms in total. The van der Waals surface area contributed by atoms with Gasteiger partial charge < -0.3 is 9.64 Å². The van der Waals surface area contributed by atoms with Gasteiger partial charge in [0.25, 0.3) is 0 Å². The number of ketones is 1. The minimum atomic E-state index is -0.882. The van der Waals surface area contributed by atoms with Gasteiger partial charge in [0.1, 0.15) is 11.6 Å². The molecule has 7 rings (SSSR count). The van der Waals surface area contributed by atoms with Crippen LogP contribution >= 0.6 is 0 Å². The summed E-state index contributed by atoms with van der Waals surface area (Å²) in [6.45, 7) is 2.16. The van der Waals surface area contributed by atoms with Crippen LogP contribution in [0.3, 0.4) is 0 Å². The Labute approximate surface area is 233 Å². The Hall–Kier alpha value is -4.70. The molecule has 5 aromatic carbocycles. The van der Waals surface area contributed by atoms with Crippen molar-refractivity contribution in [2.75, 3.05) is 18.0 Å². The van der Waals surface area contributed by atoms with Crippen molar-refractivity contribution in [3.63, 3.8) is 0 Å². The van der Waals surface area contributed by atoms with E-state index in [2.05, 4.69) is 23.1 Å². The Morgan fingerprint density at radius 1 is 0.750 bits per heavy atom. The molecule has 0 N–H and O–H groups in total. The Morgan fingerprint density at radius 3 is 2.20 bits per heavy atom. The van der Waals surface area contributed by atoms with Crippen LogP contribution in [-0.4, -0.2) is 18.9 Å². The highest BCUT2D eigenvalue weighted by molar-refractivity contribution is 6.11. The molecule has 1 atom stereocenters. The topological polar surface area (TPSA) is 29.5 Å². The molecule has 0 radical (unpaired) electrons. The predicted octanol–water partition coefficient (Wildman–Crippen LogP) is 8.16. The van der Waals surface area contributed by atoms with Crippen LogP contribution in [0.4, 0.5) is 10.1 Å². The van der Waals surface area contributed by atoms with Crippen molar-refractivity contribution < 1.29 is 13.9 Å². The number of nitrogens with zero attached hydrogens (tertiary/aromatic N) is 1. The smallest absolute Gasteiger partial charge is 0.193 e. The van der Waals surface area contributed by atoms with Crippen molar-refractivity contribution in [1.82, 2.24) is 0 Å². The number of hydrogen-bond acceptors (Lipinski definition) is 3. The molecule has 0 saturated carbocycles. The Bertz CT molecular complexity index is 1740. The molecule has 0 spiro atoms. The van der Waals surface area contributed by atoms with E-state index < -0.39 is 5.60 Å². The van der Waals surface area contributed by atoms with Crippen LogP contribution in [0.15, 0.2) is 115 Å². The number of hydrogen-bond donors (Lipinski definition) is 0. The van der Waals surface area contributed by atoms with E-state index >= 15 is 0 Å². The quantitative estimate of drug-likeness (QED) is 0.217. The third kappa shape index (κ3) is 4.17. The van der Waals surface area contributed by atoms with Crippen molar-refractivity contribution in [2.45, 2.75) is 18.4 Å². The van der Waals surface area contributed by atoms with E-state index in [1.807, 2.05) is 78.9 Å². The maximum atomic E-state index is 13.8. The zero-order valence-electron chi connectivity index (χ0n) is 22.0. The van der Waals surface area contributed by atoms with Crippen molar-refractivity contribution in [3.05, 3.63) is 149 Å². The highest BCUT2D eigenvalue weighted by atomic mass is 19.1. The van der Waals surface area contributed by atoms with Gasteiger partial charge in [0.15, 0.2) is 11.4 Å². The molecule has 1 saturated heterocycles. The standard InChI is InChI=1S/C36H28FNO2/c37-30-14-12-29(13-15-30)36(28-6-2-1-3-7-28)21-20-33-32-18-10-27(24-26(32)11-19-34(33)40-36)35(39)25-8-16-31(17-9-25)38-22-4-5-23-38/h1-3,6-21,24H,4-5,22-23H2. The van der Waals surface area contributed by atoms with Crippen molar-refractivity contribution in [3.8, 4) is 5.75 Å². The molecule has 2 aliphatic rings. The molecule has 0 aliphatic carbocycles. The lowest BCUT2D eigenvalue weighted by Crippen LogP contribution is -2.34. The van der Waals surface area contributed by atoms with Crippen molar-refractivity contribution in [2.24, 2.45) is 0 Å². The van der Waals surface area contributed by atoms with Crippen LogP contribution in [0.2, 0.25) is 0 Å². The average Bonchev–Trinajstić information content (AvgIpc) is 3.56. The van der Waals surface area contributed by atoms with Gasteiger partial charge in [-0.05, 0) is 84.3 Å². The third-order valence-corrected chi connectivity index (χ3v) is 8.12. The van der Waals surface area contributed by atoms with Gasteiger partial charge in [-0.15, -0.1) is 0 Å². The average molecular weight is 526 g/mol. The molecule has 5 aromatic rings. The fraction of sp³-hybridized carbons (Fsp3) is 0.139. The number of carbonyl (C=O) groups is 1. The summed E-state index contributed by atoms with van der Waals surface area (Å²) in [4.78, 5) is 15.7. The first-order valence-corrected chi connectivity index (χ1v) is 13.8. The highest BCUT2D eigenvalue weighted by Gasteiger charge is 2.37. The molecule has 0 bridgehead atoms. The summed E-state index contributed by atoms with van der Waals surface area (Å²) < 4.78 is 20.5. The minimum absolute atomic E-state index is 0.0128. The van der Waals surface area contributed by atoms with Crippen LogP contribution in [0.25, 0.3) is 16.8 Å². The first-order valence-electron chi connectivity index (χ1n) is 13.8. The monoisotopic (exact) mass is 525 g/mol. The van der Waals surface area contributed by atoms with Gasteiger partial charge in [0, 0.05) is 46.6 Å². The number of carbonyl (C=O) groups excluding carboxylic acids is 1. The zero-order chi connectivity index (χ0) is 27.1. The number of rotatable bonds is 5. The van der Waals surface area contributed by atoms with Crippen LogP contribution in [-0.2, 0) is 5.60 Å². The van der Waals surface area contributed by atoms with E-state index in [4.69, 9.17) is 4.74 Å². The SMILES string of the molecule is O=C(c1ccc(N2CCCC2)cc1)c1ccc2c3c(ccc2c1)OC(c1ccccc1)(c1ccc(F)cc1)C=C3. The van der Waals surface area contributed by atoms with Gasteiger partial charge in [-0.3, -0.25) is 4.79 Å². The lowest BCUT2D eigenvalue weighted by Gasteiger charge is -2.36. The lowest BCUT2D eigenvalue weighted by molar-refractivity contribution is 0.103. The van der Waals surface area contributed by atoms with E-state index in [-0.39, 0.29) is 11.6 Å². The lowest BCUT2D eigenvalue weighted by atomic mass is 9.83. The summed E-state index contributed by atoms with van der Waals surface area (Å²) in [6, 6.07) is 34.2. The third-order valence-electron chi connectivity index (χ3n) is 8.12. The molecular weight excluding hydrogens is 497 g/mol. The maximum absolute atomic E-state index is 13.8. The molecule has 4 heteroatoms. The largest absolute Gasteiger partial charge is 0.473 e. The van der Waals surface area contributed by atoms with Crippen LogP contribution < -0.4 is 9.64 Å². The van der Waals surface area contributed by atoms with Crippen LogP contribution in [0.5, 0.6) is 5.75 Å². The molecule has 0 aromatic heterocycles. The van der Waals surface area contributed by atoms with E-state index in [0.717, 1.165) is 46.3 Å². The van der Waals surface area contributed by atoms with Gasteiger partial charge in [-0.1, -0.05) is 60.7 Å². The molecular formula is C36H28FNO2. The highest BCUT2D eigenvalue weighted by Crippen LogP contribution is 2.44. The number of benzene rings is 5. The fourth-order valence-corrected chi connectivity index (χ4v) is 5.97. The van der Waals surface area contributed by atoms with Crippen molar-refractivity contribution >= 4 is 28.3 Å². The Morgan fingerprint density at radius 2 is 1.45 bits per heavy atom. The van der Waals surface area contributed by atoms with Gasteiger partial charge >= 0.3 is 0 Å². The van der Waals surface area contributed by atoms with E-state index in [0.29, 0.717) is 11.1 Å². The predicted molar refractivity (Wildman–Crippen MR) is 159 cm³/mol. The summed E-state index contributed by atoms with van der Waals surface area (Å²) in [5.41, 5.74) is 4.41. The number of halogens is 1. The van der Waals surface area contributed by atoms with Gasteiger partial charge in [-0.25, -0.2) is 4.39 Å². The van der Waals surface area contributed by atoms with Gasteiger partial charge in [0.05, 0.1) is 0 Å². The van der Waals surface area contributed by atoms with Gasteiger partial charge in [-0.2, -0.15) is 0 Å². The first-order chi connectivity index (χ1) is 19.6. The van der Waals surface area contributed by atoms with Crippen molar-refractivity contribution in [1.29, 1.82) is 0 Å². The summed E-state index contributed by atoms with van der Waals surface area (Å²) in [7, 11) is 0. The summed E-state index contributed by atoms with van der Waals surface area (Å²) in [6.07, 6.45) is 6.57. The number of anilines is 1. The van der Waals surface area contributed by atoms with E-state index in [1.165, 1.54) is 30.7 Å². The molecule has 40 heavy (non-hydrogen) atoms.